The van der Waals surface area contributed by atoms with E-state index in [1.807, 2.05) is 24.3 Å². The second-order valence-corrected chi connectivity index (χ2v) is 3.94. The Kier molecular flexibility index (Phi) is 6.59. The van der Waals surface area contributed by atoms with E-state index in [0.29, 0.717) is 0 Å². The van der Waals surface area contributed by atoms with Crippen LogP contribution in [0.25, 0.3) is 0 Å². The van der Waals surface area contributed by atoms with E-state index >= 15 is 0 Å². The molecule has 0 aromatic heterocycles. The smallest absolute Gasteiger partial charge is 0.0746 e. The SMILES string of the molecule is CCCCCCC#Cc1ccccc1/C=N/O. The molecule has 0 unspecified atom stereocenters. The Morgan fingerprint density at radius 3 is 2.82 bits per heavy atom. The van der Waals surface area contributed by atoms with Crippen molar-refractivity contribution in [2.24, 2.45) is 5.16 Å². The Morgan fingerprint density at radius 2 is 2.06 bits per heavy atom. The first-order valence-electron chi connectivity index (χ1n) is 6.13. The van der Waals surface area contributed by atoms with Crippen LogP contribution in [0.2, 0.25) is 0 Å². The highest BCUT2D eigenvalue weighted by molar-refractivity contribution is 5.82. The Hall–Kier alpha value is -1.75. The van der Waals surface area contributed by atoms with E-state index in [4.69, 9.17) is 5.21 Å². The van der Waals surface area contributed by atoms with E-state index in [1.54, 1.807) is 0 Å². The van der Waals surface area contributed by atoms with Crippen LogP contribution in [-0.4, -0.2) is 11.4 Å². The summed E-state index contributed by atoms with van der Waals surface area (Å²) in [5, 5.41) is 11.6. The third-order valence-electron chi connectivity index (χ3n) is 2.54. The molecule has 2 heteroatoms. The molecule has 0 aliphatic carbocycles. The van der Waals surface area contributed by atoms with Gasteiger partial charge in [0.2, 0.25) is 0 Å². The van der Waals surface area contributed by atoms with Crippen LogP contribution in [0.1, 0.15) is 50.2 Å². The van der Waals surface area contributed by atoms with E-state index in [-0.39, 0.29) is 0 Å². The lowest BCUT2D eigenvalue weighted by molar-refractivity contribution is 0.322. The number of nitrogens with zero attached hydrogens (tertiary/aromatic N) is 1. The topological polar surface area (TPSA) is 32.6 Å². The lowest BCUT2D eigenvalue weighted by Crippen LogP contribution is -1.86. The van der Waals surface area contributed by atoms with E-state index in [1.165, 1.54) is 25.5 Å². The quantitative estimate of drug-likeness (QED) is 0.269. The fourth-order valence-corrected chi connectivity index (χ4v) is 1.58. The second-order valence-electron chi connectivity index (χ2n) is 3.94. The maximum Gasteiger partial charge on any atom is 0.0746 e. The van der Waals surface area contributed by atoms with E-state index in [9.17, 15) is 0 Å². The number of unbranched alkanes of at least 4 members (excludes halogenated alkanes) is 4. The molecule has 1 aromatic rings. The highest BCUT2D eigenvalue weighted by Crippen LogP contribution is 2.05. The first kappa shape index (κ1) is 13.3. The van der Waals surface area contributed by atoms with E-state index in [2.05, 4.69) is 23.9 Å². The van der Waals surface area contributed by atoms with Crippen LogP contribution in [0.15, 0.2) is 29.4 Å². The Labute approximate surface area is 103 Å². The predicted molar refractivity (Wildman–Crippen MR) is 71.5 cm³/mol. The molecule has 0 bridgehead atoms. The van der Waals surface area contributed by atoms with Crippen molar-refractivity contribution >= 4 is 6.21 Å². The van der Waals surface area contributed by atoms with Gasteiger partial charge < -0.3 is 5.21 Å². The summed E-state index contributed by atoms with van der Waals surface area (Å²) in [6.45, 7) is 2.20. The van der Waals surface area contributed by atoms with Gasteiger partial charge in [-0.3, -0.25) is 0 Å². The Bertz CT molecular complexity index is 412. The molecule has 0 fully saturated rings. The molecule has 0 radical (unpaired) electrons. The van der Waals surface area contributed by atoms with Gasteiger partial charge in [-0.2, -0.15) is 0 Å². The van der Waals surface area contributed by atoms with Gasteiger partial charge in [0.25, 0.3) is 0 Å². The third kappa shape index (κ3) is 5.21. The summed E-state index contributed by atoms with van der Waals surface area (Å²) >= 11 is 0. The van der Waals surface area contributed by atoms with Gasteiger partial charge in [-0.25, -0.2) is 0 Å². The minimum Gasteiger partial charge on any atom is -0.411 e. The summed E-state index contributed by atoms with van der Waals surface area (Å²) in [7, 11) is 0. The molecule has 1 N–H and O–H groups in total. The maximum absolute atomic E-state index is 8.53. The zero-order valence-corrected chi connectivity index (χ0v) is 10.3. The van der Waals surface area contributed by atoms with Gasteiger partial charge in [-0.15, -0.1) is 0 Å². The van der Waals surface area contributed by atoms with Crippen LogP contribution in [0.4, 0.5) is 0 Å². The molecular formula is C15H19NO. The summed E-state index contributed by atoms with van der Waals surface area (Å²) in [5.41, 5.74) is 1.77. The highest BCUT2D eigenvalue weighted by Gasteiger charge is 1.94. The third-order valence-corrected chi connectivity index (χ3v) is 2.54. The van der Waals surface area contributed by atoms with Crippen molar-refractivity contribution in [3.8, 4) is 11.8 Å². The molecule has 17 heavy (non-hydrogen) atoms. The zero-order valence-electron chi connectivity index (χ0n) is 10.3. The van der Waals surface area contributed by atoms with Crippen LogP contribution < -0.4 is 0 Å². The number of benzene rings is 1. The summed E-state index contributed by atoms with van der Waals surface area (Å²) < 4.78 is 0. The molecule has 1 rings (SSSR count). The van der Waals surface area contributed by atoms with Crippen LogP contribution in [0.3, 0.4) is 0 Å². The van der Waals surface area contributed by atoms with Crippen molar-refractivity contribution in [1.82, 2.24) is 0 Å². The number of oxime groups is 1. The standard InChI is InChI=1S/C15H19NO/c1-2-3-4-5-6-7-10-14-11-8-9-12-15(14)13-16-17/h8-9,11-13,17H,2-6H2,1H3/b16-13+. The molecule has 0 saturated heterocycles. The number of hydrogen-bond donors (Lipinski definition) is 1. The average molecular weight is 229 g/mol. The number of hydrogen-bond acceptors (Lipinski definition) is 2. The van der Waals surface area contributed by atoms with Crippen LogP contribution >= 0.6 is 0 Å². The van der Waals surface area contributed by atoms with E-state index < -0.39 is 0 Å². The zero-order chi connectivity index (χ0) is 12.3. The van der Waals surface area contributed by atoms with Gasteiger partial charge in [0.05, 0.1) is 6.21 Å². The normalized spacial score (nSPS) is 10.2. The number of rotatable bonds is 5. The van der Waals surface area contributed by atoms with E-state index in [0.717, 1.165) is 24.0 Å². The molecule has 0 spiro atoms. The molecule has 0 heterocycles. The summed E-state index contributed by atoms with van der Waals surface area (Å²) in [4.78, 5) is 0. The largest absolute Gasteiger partial charge is 0.411 e. The Morgan fingerprint density at radius 1 is 1.24 bits per heavy atom. The van der Waals surface area contributed by atoms with Gasteiger partial charge in [-0.1, -0.05) is 61.4 Å². The molecule has 0 atom stereocenters. The van der Waals surface area contributed by atoms with Gasteiger partial charge >= 0.3 is 0 Å². The maximum atomic E-state index is 8.53. The lowest BCUT2D eigenvalue weighted by Gasteiger charge is -1.96. The molecule has 2 nitrogen and oxygen atoms in total. The molecule has 0 amide bonds. The van der Waals surface area contributed by atoms with Crippen molar-refractivity contribution in [2.75, 3.05) is 0 Å². The van der Waals surface area contributed by atoms with Crippen molar-refractivity contribution in [3.63, 3.8) is 0 Å². The molecular weight excluding hydrogens is 210 g/mol. The minimum absolute atomic E-state index is 0.857. The highest BCUT2D eigenvalue weighted by atomic mass is 16.4. The average Bonchev–Trinajstić information content (AvgIpc) is 2.36. The van der Waals surface area contributed by atoms with Crippen molar-refractivity contribution in [1.29, 1.82) is 0 Å². The molecule has 1 aromatic carbocycles. The predicted octanol–water partition coefficient (Wildman–Crippen LogP) is 3.82. The van der Waals surface area contributed by atoms with Crippen LogP contribution in [-0.2, 0) is 0 Å². The van der Waals surface area contributed by atoms with Crippen molar-refractivity contribution < 1.29 is 5.21 Å². The first-order valence-corrected chi connectivity index (χ1v) is 6.13. The molecule has 90 valence electrons. The van der Waals surface area contributed by atoms with Crippen LogP contribution in [0.5, 0.6) is 0 Å². The second kappa shape index (κ2) is 8.41. The van der Waals surface area contributed by atoms with Gasteiger partial charge in [0, 0.05) is 17.5 Å². The lowest BCUT2D eigenvalue weighted by atomic mass is 10.1. The van der Waals surface area contributed by atoms with Gasteiger partial charge in [-0.05, 0) is 12.5 Å². The van der Waals surface area contributed by atoms with Gasteiger partial charge in [0.1, 0.15) is 0 Å². The molecule has 0 aliphatic heterocycles. The summed E-state index contributed by atoms with van der Waals surface area (Å²) in [6, 6.07) is 7.68. The monoisotopic (exact) mass is 229 g/mol. The van der Waals surface area contributed by atoms with Crippen molar-refractivity contribution in [3.05, 3.63) is 35.4 Å². The fraction of sp³-hybridized carbons (Fsp3) is 0.400. The minimum atomic E-state index is 0.857. The summed E-state index contributed by atoms with van der Waals surface area (Å²) in [6.07, 6.45) is 7.31. The van der Waals surface area contributed by atoms with Crippen LogP contribution in [0, 0.1) is 11.8 Å². The summed E-state index contributed by atoms with van der Waals surface area (Å²) in [5.74, 6) is 6.29. The van der Waals surface area contributed by atoms with Crippen molar-refractivity contribution in [2.45, 2.75) is 39.0 Å². The Balaban J connectivity index is 2.53. The van der Waals surface area contributed by atoms with Gasteiger partial charge in [0.15, 0.2) is 0 Å². The molecule has 0 aliphatic rings. The molecule has 0 saturated carbocycles. The first-order chi connectivity index (χ1) is 8.38. The fourth-order valence-electron chi connectivity index (χ4n) is 1.58.